The number of unbranched alkanes of at least 4 members (excludes halogenated alkanes) is 4. The molecule has 33 heavy (non-hydrogen) atoms. The minimum Gasteiger partial charge on any atom is -0.506 e. The highest BCUT2D eigenvalue weighted by atomic mass is 16.3. The summed E-state index contributed by atoms with van der Waals surface area (Å²) < 4.78 is 1.58. The van der Waals surface area contributed by atoms with Crippen molar-refractivity contribution in [3.8, 4) is 5.75 Å². The first-order valence-electron chi connectivity index (χ1n) is 11.8. The highest BCUT2D eigenvalue weighted by Crippen LogP contribution is 2.27. The molecule has 174 valence electrons. The van der Waals surface area contributed by atoms with Gasteiger partial charge in [-0.25, -0.2) is 0 Å². The molecule has 6 nitrogen and oxygen atoms in total. The van der Waals surface area contributed by atoms with Gasteiger partial charge in [0.1, 0.15) is 11.3 Å². The van der Waals surface area contributed by atoms with E-state index in [0.29, 0.717) is 35.1 Å². The molecule has 1 amide bonds. The number of nitrogens with one attached hydrogen (secondary N) is 1. The van der Waals surface area contributed by atoms with Gasteiger partial charge < -0.3 is 15.0 Å². The largest absolute Gasteiger partial charge is 0.506 e. The summed E-state index contributed by atoms with van der Waals surface area (Å²) in [6.07, 6.45) is 6.25. The van der Waals surface area contributed by atoms with E-state index in [9.17, 15) is 19.5 Å². The van der Waals surface area contributed by atoms with E-state index >= 15 is 0 Å². The number of fused-ring (bicyclic) bond motifs is 1. The van der Waals surface area contributed by atoms with Crippen molar-refractivity contribution in [2.24, 2.45) is 0 Å². The molecule has 0 fully saturated rings. The van der Waals surface area contributed by atoms with Gasteiger partial charge in [0.2, 0.25) is 0 Å². The minimum absolute atomic E-state index is 0.0628. The van der Waals surface area contributed by atoms with Crippen LogP contribution in [0.1, 0.15) is 79.5 Å². The number of Topliss-reactive ketones (excluding diaryl/α,β-unsaturated/α-hetero) is 1. The van der Waals surface area contributed by atoms with E-state index in [1.165, 1.54) is 0 Å². The zero-order chi connectivity index (χ0) is 23.8. The summed E-state index contributed by atoms with van der Waals surface area (Å²) in [6.45, 7) is 4.64. The lowest BCUT2D eigenvalue weighted by atomic mass is 10.1. The number of carbonyl (C=O) groups is 2. The van der Waals surface area contributed by atoms with Crippen LogP contribution in [0.25, 0.3) is 10.9 Å². The number of rotatable bonds is 11. The number of hydrogen-bond acceptors (Lipinski definition) is 4. The molecule has 0 aliphatic rings. The highest BCUT2D eigenvalue weighted by Gasteiger charge is 2.22. The van der Waals surface area contributed by atoms with Crippen LogP contribution in [0.4, 0.5) is 5.69 Å². The van der Waals surface area contributed by atoms with Gasteiger partial charge in [-0.05, 0) is 49.2 Å². The predicted molar refractivity (Wildman–Crippen MR) is 132 cm³/mol. The molecule has 3 rings (SSSR count). The topological polar surface area (TPSA) is 88.4 Å². The zero-order valence-electron chi connectivity index (χ0n) is 19.4. The summed E-state index contributed by atoms with van der Waals surface area (Å²) in [5.74, 6) is -0.923. The maximum absolute atomic E-state index is 13.2. The fourth-order valence-corrected chi connectivity index (χ4v) is 3.93. The Labute approximate surface area is 194 Å². The quantitative estimate of drug-likeness (QED) is 0.282. The molecule has 0 saturated carbocycles. The molecular weight excluding hydrogens is 416 g/mol. The van der Waals surface area contributed by atoms with Gasteiger partial charge in [0, 0.05) is 29.6 Å². The first-order chi connectivity index (χ1) is 16.0. The Morgan fingerprint density at radius 1 is 0.909 bits per heavy atom. The van der Waals surface area contributed by atoms with E-state index < -0.39 is 11.5 Å². The van der Waals surface area contributed by atoms with Gasteiger partial charge in [0.15, 0.2) is 5.78 Å². The number of benzene rings is 2. The molecule has 0 saturated heterocycles. The maximum Gasteiger partial charge on any atom is 0.267 e. The summed E-state index contributed by atoms with van der Waals surface area (Å²) in [6, 6.07) is 13.7. The van der Waals surface area contributed by atoms with E-state index in [1.807, 2.05) is 13.0 Å². The van der Waals surface area contributed by atoms with Gasteiger partial charge in [-0.2, -0.15) is 0 Å². The molecule has 0 aliphatic carbocycles. The Kier molecular flexibility index (Phi) is 8.41. The fourth-order valence-electron chi connectivity index (χ4n) is 3.93. The standard InChI is InChI=1S/C27H32N2O4/c1-3-5-7-10-18-29-22-12-9-8-11-21(22)25(31)24(27(29)33)26(32)28-20-16-14-19(15-17-20)23(30)13-6-4-2/h8-9,11-12,14-17,31H,3-7,10,13,18H2,1-2H3,(H,28,32). The van der Waals surface area contributed by atoms with Crippen molar-refractivity contribution in [3.63, 3.8) is 0 Å². The van der Waals surface area contributed by atoms with Gasteiger partial charge in [0.05, 0.1) is 5.52 Å². The number of anilines is 1. The third-order valence-electron chi connectivity index (χ3n) is 5.83. The molecule has 0 spiro atoms. The lowest BCUT2D eigenvalue weighted by molar-refractivity contribution is 0.0978. The van der Waals surface area contributed by atoms with Gasteiger partial charge in [0.25, 0.3) is 11.5 Å². The van der Waals surface area contributed by atoms with Crippen LogP contribution >= 0.6 is 0 Å². The number of aryl methyl sites for hydroxylation is 1. The van der Waals surface area contributed by atoms with Crippen molar-refractivity contribution in [1.82, 2.24) is 4.57 Å². The van der Waals surface area contributed by atoms with Gasteiger partial charge >= 0.3 is 0 Å². The van der Waals surface area contributed by atoms with Crippen LogP contribution in [0.15, 0.2) is 53.3 Å². The average Bonchev–Trinajstić information content (AvgIpc) is 2.82. The Bertz CT molecular complexity index is 1180. The first-order valence-corrected chi connectivity index (χ1v) is 11.8. The number of para-hydroxylation sites is 1. The number of carbonyl (C=O) groups excluding carboxylic acids is 2. The Morgan fingerprint density at radius 2 is 1.61 bits per heavy atom. The van der Waals surface area contributed by atoms with Crippen LogP contribution in [0.3, 0.4) is 0 Å². The minimum atomic E-state index is -0.671. The van der Waals surface area contributed by atoms with E-state index in [2.05, 4.69) is 12.2 Å². The van der Waals surface area contributed by atoms with Gasteiger partial charge in [-0.1, -0.05) is 51.7 Å². The lowest BCUT2D eigenvalue weighted by Gasteiger charge is -2.15. The van der Waals surface area contributed by atoms with Crippen LogP contribution in [0, 0.1) is 0 Å². The molecule has 1 heterocycles. The maximum atomic E-state index is 13.2. The third-order valence-corrected chi connectivity index (χ3v) is 5.83. The Balaban J connectivity index is 1.89. The van der Waals surface area contributed by atoms with Crippen LogP contribution in [0.2, 0.25) is 0 Å². The average molecular weight is 449 g/mol. The SMILES string of the molecule is CCCCCCn1c(=O)c(C(=O)Nc2ccc(C(=O)CCCC)cc2)c(O)c2ccccc21. The van der Waals surface area contributed by atoms with Crippen molar-refractivity contribution in [2.75, 3.05) is 5.32 Å². The molecule has 0 atom stereocenters. The first kappa shape index (κ1) is 24.2. The van der Waals surface area contributed by atoms with E-state index in [1.54, 1.807) is 47.0 Å². The summed E-state index contributed by atoms with van der Waals surface area (Å²) in [5, 5.41) is 14.0. The van der Waals surface area contributed by atoms with E-state index in [-0.39, 0.29) is 17.1 Å². The van der Waals surface area contributed by atoms with Crippen LogP contribution < -0.4 is 10.9 Å². The molecule has 0 unspecified atom stereocenters. The Morgan fingerprint density at radius 3 is 2.30 bits per heavy atom. The summed E-state index contributed by atoms with van der Waals surface area (Å²) >= 11 is 0. The number of pyridine rings is 1. The van der Waals surface area contributed by atoms with Crippen molar-refractivity contribution < 1.29 is 14.7 Å². The zero-order valence-corrected chi connectivity index (χ0v) is 19.4. The molecule has 3 aromatic rings. The molecule has 2 N–H and O–H groups in total. The smallest absolute Gasteiger partial charge is 0.267 e. The number of nitrogens with zero attached hydrogens (tertiary/aromatic N) is 1. The molecule has 2 aromatic carbocycles. The summed E-state index contributed by atoms with van der Waals surface area (Å²) in [4.78, 5) is 38.4. The second-order valence-electron chi connectivity index (χ2n) is 8.32. The molecule has 0 bridgehead atoms. The van der Waals surface area contributed by atoms with Gasteiger partial charge in [-0.15, -0.1) is 0 Å². The van der Waals surface area contributed by atoms with Crippen LogP contribution in [0.5, 0.6) is 5.75 Å². The second kappa shape index (κ2) is 11.5. The fraction of sp³-hybridized carbons (Fsp3) is 0.370. The number of ketones is 1. The van der Waals surface area contributed by atoms with Gasteiger partial charge in [-0.3, -0.25) is 14.4 Å². The van der Waals surface area contributed by atoms with Crippen LogP contribution in [-0.4, -0.2) is 21.4 Å². The number of aromatic nitrogens is 1. The number of aromatic hydroxyl groups is 1. The summed E-state index contributed by atoms with van der Waals surface area (Å²) in [5.41, 5.74) is 0.875. The number of hydrogen-bond donors (Lipinski definition) is 2. The summed E-state index contributed by atoms with van der Waals surface area (Å²) in [7, 11) is 0. The molecular formula is C27H32N2O4. The molecule has 6 heteroatoms. The second-order valence-corrected chi connectivity index (χ2v) is 8.32. The predicted octanol–water partition coefficient (Wildman–Crippen LogP) is 5.91. The highest BCUT2D eigenvalue weighted by molar-refractivity contribution is 6.09. The molecule has 0 radical (unpaired) electrons. The van der Waals surface area contributed by atoms with Crippen molar-refractivity contribution in [2.45, 2.75) is 65.3 Å². The monoisotopic (exact) mass is 448 g/mol. The Hall–Kier alpha value is -3.41. The molecule has 0 aliphatic heterocycles. The van der Waals surface area contributed by atoms with Crippen molar-refractivity contribution in [1.29, 1.82) is 0 Å². The van der Waals surface area contributed by atoms with E-state index in [0.717, 1.165) is 38.5 Å². The lowest BCUT2D eigenvalue weighted by Crippen LogP contribution is -2.30. The third kappa shape index (κ3) is 5.69. The van der Waals surface area contributed by atoms with E-state index in [4.69, 9.17) is 0 Å². The molecule has 1 aromatic heterocycles. The van der Waals surface area contributed by atoms with Crippen molar-refractivity contribution >= 4 is 28.3 Å². The van der Waals surface area contributed by atoms with Crippen molar-refractivity contribution in [3.05, 3.63) is 70.0 Å². The number of amides is 1. The van der Waals surface area contributed by atoms with Crippen LogP contribution in [-0.2, 0) is 6.54 Å². The normalized spacial score (nSPS) is 11.0.